The first-order valence-electron chi connectivity index (χ1n) is 13.6. The van der Waals surface area contributed by atoms with Crippen molar-refractivity contribution in [2.45, 2.75) is 39.0 Å². The summed E-state index contributed by atoms with van der Waals surface area (Å²) in [7, 11) is 1.58. The van der Waals surface area contributed by atoms with E-state index in [1.807, 2.05) is 43.3 Å². The molecule has 4 aromatic carbocycles. The maximum absolute atomic E-state index is 13.9. The fraction of sp³-hybridized carbons (Fsp3) is 0.235. The molecule has 0 saturated heterocycles. The molecule has 2 atom stereocenters. The van der Waals surface area contributed by atoms with Gasteiger partial charge in [0.2, 0.25) is 0 Å². The van der Waals surface area contributed by atoms with Gasteiger partial charge in [-0.3, -0.25) is 9.59 Å². The fourth-order valence-corrected chi connectivity index (χ4v) is 4.72. The standard InChI is InChI=1S/C34H34F2N2O4/c1-21-7-9-25(10-8-21)33(40)26-11-22(2)12-27(17-26)34(41)38-31(16-24-13-28(35)18-29(36)14-24)32(39)20-37-19-23-5-4-6-30(15-23)42-3/h4-15,17-18,31-32,37,39H,16,19-20H2,1-3H3,(H,38,41)/t31-,32-/m0/s1. The molecule has 42 heavy (non-hydrogen) atoms. The molecular weight excluding hydrogens is 538 g/mol. The van der Waals surface area contributed by atoms with Gasteiger partial charge in [0.25, 0.3) is 5.91 Å². The van der Waals surface area contributed by atoms with E-state index >= 15 is 0 Å². The summed E-state index contributed by atoms with van der Waals surface area (Å²) in [5.74, 6) is -1.55. The van der Waals surface area contributed by atoms with E-state index in [1.54, 1.807) is 38.3 Å². The number of nitrogens with one attached hydrogen (secondary N) is 2. The van der Waals surface area contributed by atoms with Gasteiger partial charge in [-0.1, -0.05) is 42.0 Å². The molecule has 0 unspecified atom stereocenters. The molecule has 0 bridgehead atoms. The van der Waals surface area contributed by atoms with Crippen LogP contribution in [0.5, 0.6) is 5.75 Å². The molecule has 0 fully saturated rings. The Hall–Kier alpha value is -4.40. The first kappa shape index (κ1) is 30.6. The Kier molecular flexibility index (Phi) is 10.2. The van der Waals surface area contributed by atoms with Crippen molar-refractivity contribution in [3.05, 3.63) is 136 Å². The maximum atomic E-state index is 13.9. The number of ether oxygens (including phenoxy) is 1. The highest BCUT2D eigenvalue weighted by Crippen LogP contribution is 2.18. The number of ketones is 1. The Bertz CT molecular complexity index is 1540. The third-order valence-electron chi connectivity index (χ3n) is 6.89. The van der Waals surface area contributed by atoms with Crippen molar-refractivity contribution in [3.8, 4) is 5.75 Å². The van der Waals surface area contributed by atoms with Gasteiger partial charge >= 0.3 is 0 Å². The molecule has 0 saturated carbocycles. The lowest BCUT2D eigenvalue weighted by Crippen LogP contribution is -2.48. The minimum atomic E-state index is -1.11. The molecular formula is C34H34F2N2O4. The molecule has 0 aliphatic rings. The van der Waals surface area contributed by atoms with Crippen LogP contribution in [0.2, 0.25) is 0 Å². The van der Waals surface area contributed by atoms with Crippen molar-refractivity contribution in [3.63, 3.8) is 0 Å². The molecule has 6 nitrogen and oxygen atoms in total. The van der Waals surface area contributed by atoms with Crippen molar-refractivity contribution in [1.82, 2.24) is 10.6 Å². The predicted octanol–water partition coefficient (Wildman–Crippen LogP) is 5.31. The number of aliphatic hydroxyl groups excluding tert-OH is 1. The number of amides is 1. The van der Waals surface area contributed by atoms with Crippen molar-refractivity contribution in [1.29, 1.82) is 0 Å². The Morgan fingerprint density at radius 1 is 0.810 bits per heavy atom. The average molecular weight is 573 g/mol. The Balaban J connectivity index is 1.53. The summed E-state index contributed by atoms with van der Waals surface area (Å²) in [6.07, 6.45) is -1.13. The molecule has 0 aromatic heterocycles. The van der Waals surface area contributed by atoms with Crippen LogP contribution in [0, 0.1) is 25.5 Å². The fourth-order valence-electron chi connectivity index (χ4n) is 4.72. The zero-order chi connectivity index (χ0) is 30.2. The molecule has 0 spiro atoms. The second-order valence-corrected chi connectivity index (χ2v) is 10.4. The van der Waals surface area contributed by atoms with E-state index in [9.17, 15) is 23.5 Å². The van der Waals surface area contributed by atoms with Crippen molar-refractivity contribution in [2.75, 3.05) is 13.7 Å². The predicted molar refractivity (Wildman–Crippen MR) is 158 cm³/mol. The van der Waals surface area contributed by atoms with Gasteiger partial charge < -0.3 is 20.5 Å². The third kappa shape index (κ3) is 8.31. The van der Waals surface area contributed by atoms with E-state index in [0.29, 0.717) is 29.0 Å². The lowest BCUT2D eigenvalue weighted by molar-refractivity contribution is 0.0829. The van der Waals surface area contributed by atoms with Crippen molar-refractivity contribution >= 4 is 11.7 Å². The Labute approximate surface area is 244 Å². The van der Waals surface area contributed by atoms with Gasteiger partial charge in [0.05, 0.1) is 19.3 Å². The zero-order valence-corrected chi connectivity index (χ0v) is 23.8. The van der Waals surface area contributed by atoms with Gasteiger partial charge in [0.1, 0.15) is 17.4 Å². The van der Waals surface area contributed by atoms with Crippen LogP contribution < -0.4 is 15.4 Å². The topological polar surface area (TPSA) is 87.7 Å². The van der Waals surface area contributed by atoms with E-state index in [0.717, 1.165) is 17.2 Å². The molecule has 4 aromatic rings. The summed E-state index contributed by atoms with van der Waals surface area (Å²) >= 11 is 0. The third-order valence-corrected chi connectivity index (χ3v) is 6.89. The minimum Gasteiger partial charge on any atom is -0.497 e. The summed E-state index contributed by atoms with van der Waals surface area (Å²) in [4.78, 5) is 26.6. The van der Waals surface area contributed by atoms with Gasteiger partial charge in [-0.2, -0.15) is 0 Å². The lowest BCUT2D eigenvalue weighted by Gasteiger charge is -2.25. The lowest BCUT2D eigenvalue weighted by atomic mass is 9.97. The summed E-state index contributed by atoms with van der Waals surface area (Å²) in [6.45, 7) is 4.23. The van der Waals surface area contributed by atoms with Gasteiger partial charge in [0.15, 0.2) is 5.78 Å². The van der Waals surface area contributed by atoms with Crippen LogP contribution in [0.4, 0.5) is 8.78 Å². The first-order chi connectivity index (χ1) is 20.1. The van der Waals surface area contributed by atoms with Crippen LogP contribution in [-0.2, 0) is 13.0 Å². The molecule has 0 radical (unpaired) electrons. The number of hydrogen-bond donors (Lipinski definition) is 3. The number of aliphatic hydroxyl groups is 1. The number of benzene rings is 4. The van der Waals surface area contributed by atoms with Gasteiger partial charge in [0, 0.05) is 35.8 Å². The van der Waals surface area contributed by atoms with E-state index < -0.39 is 29.7 Å². The smallest absolute Gasteiger partial charge is 0.251 e. The van der Waals surface area contributed by atoms with Gasteiger partial charge in [-0.15, -0.1) is 0 Å². The number of aryl methyl sites for hydroxylation is 2. The molecule has 218 valence electrons. The first-order valence-corrected chi connectivity index (χ1v) is 13.6. The number of rotatable bonds is 12. The van der Waals surface area contributed by atoms with E-state index in [-0.39, 0.29) is 29.9 Å². The average Bonchev–Trinajstić information content (AvgIpc) is 2.96. The number of carbonyl (C=O) groups is 2. The summed E-state index contributed by atoms with van der Waals surface area (Å²) in [5.41, 5.74) is 4.04. The molecule has 0 heterocycles. The maximum Gasteiger partial charge on any atom is 0.251 e. The molecule has 4 rings (SSSR count). The van der Waals surface area contributed by atoms with Crippen molar-refractivity contribution < 1.29 is 28.2 Å². The number of methoxy groups -OCH3 is 1. The van der Waals surface area contributed by atoms with E-state index in [4.69, 9.17) is 4.74 Å². The van der Waals surface area contributed by atoms with Crippen LogP contribution >= 0.6 is 0 Å². The molecule has 3 N–H and O–H groups in total. The van der Waals surface area contributed by atoms with Crippen LogP contribution in [0.3, 0.4) is 0 Å². The van der Waals surface area contributed by atoms with E-state index in [1.165, 1.54) is 18.2 Å². The van der Waals surface area contributed by atoms with Crippen LogP contribution in [-0.4, -0.2) is 42.6 Å². The number of hydrogen-bond acceptors (Lipinski definition) is 5. The van der Waals surface area contributed by atoms with E-state index in [2.05, 4.69) is 10.6 Å². The Morgan fingerprint density at radius 2 is 1.50 bits per heavy atom. The zero-order valence-electron chi connectivity index (χ0n) is 23.8. The minimum absolute atomic E-state index is 0.0244. The summed E-state index contributed by atoms with van der Waals surface area (Å²) < 4.78 is 33.1. The summed E-state index contributed by atoms with van der Waals surface area (Å²) in [5, 5.41) is 17.1. The van der Waals surface area contributed by atoms with Crippen LogP contribution in [0.25, 0.3) is 0 Å². The highest BCUT2D eigenvalue weighted by Gasteiger charge is 2.24. The van der Waals surface area contributed by atoms with Crippen LogP contribution in [0.1, 0.15) is 48.5 Å². The SMILES string of the molecule is COc1cccc(CNC[C@H](O)[C@H](Cc2cc(F)cc(F)c2)NC(=O)c2cc(C)cc(C(=O)c3ccc(C)cc3)c2)c1. The largest absolute Gasteiger partial charge is 0.497 e. The second kappa shape index (κ2) is 14.0. The molecule has 0 aliphatic heterocycles. The number of halogens is 2. The highest BCUT2D eigenvalue weighted by atomic mass is 19.1. The monoisotopic (exact) mass is 572 g/mol. The molecule has 8 heteroatoms. The summed E-state index contributed by atoms with van der Waals surface area (Å²) in [6, 6.07) is 21.7. The normalized spacial score (nSPS) is 12.4. The second-order valence-electron chi connectivity index (χ2n) is 10.4. The van der Waals surface area contributed by atoms with Crippen LogP contribution in [0.15, 0.2) is 84.9 Å². The van der Waals surface area contributed by atoms with Gasteiger partial charge in [-0.05, 0) is 79.4 Å². The van der Waals surface area contributed by atoms with Gasteiger partial charge in [-0.25, -0.2) is 8.78 Å². The number of carbonyl (C=O) groups excluding carboxylic acids is 2. The molecule has 1 amide bonds. The highest BCUT2D eigenvalue weighted by molar-refractivity contribution is 6.10. The van der Waals surface area contributed by atoms with Crippen molar-refractivity contribution in [2.24, 2.45) is 0 Å². The Morgan fingerprint density at radius 3 is 2.19 bits per heavy atom. The quantitative estimate of drug-likeness (QED) is 0.200. The molecule has 0 aliphatic carbocycles.